The van der Waals surface area contributed by atoms with Gasteiger partial charge in [0.25, 0.3) is 0 Å². The molecule has 1 heterocycles. The first-order valence-electron chi connectivity index (χ1n) is 5.55. The molecule has 14 heavy (non-hydrogen) atoms. The Kier molecular flexibility index (Phi) is 2.38. The number of hydrogen-bond donors (Lipinski definition) is 0. The Morgan fingerprint density at radius 2 is 2.36 bits per heavy atom. The van der Waals surface area contributed by atoms with Gasteiger partial charge in [-0.05, 0) is 24.2 Å². The highest BCUT2D eigenvalue weighted by molar-refractivity contribution is 5.77. The lowest BCUT2D eigenvalue weighted by Gasteiger charge is -2.25. The molecule has 0 spiro atoms. The molecule has 0 radical (unpaired) electrons. The monoisotopic (exact) mass is 193 g/mol. The zero-order chi connectivity index (χ0) is 10.3. The van der Waals surface area contributed by atoms with E-state index in [1.54, 1.807) is 0 Å². The Balaban J connectivity index is 1.97. The number of rotatable bonds is 3. The maximum atomic E-state index is 11.9. The number of hydrogen-bond acceptors (Lipinski definition) is 1. The fourth-order valence-corrected chi connectivity index (χ4v) is 2.54. The summed E-state index contributed by atoms with van der Waals surface area (Å²) in [5, 5.41) is 0. The molecule has 2 fully saturated rings. The molecule has 78 valence electrons. The number of likely N-dealkylation sites (tertiary alicyclic amines) is 1. The van der Waals surface area contributed by atoms with Crippen molar-refractivity contribution in [1.29, 1.82) is 0 Å². The Labute approximate surface area is 86.0 Å². The van der Waals surface area contributed by atoms with Crippen LogP contribution in [0, 0.1) is 17.8 Å². The van der Waals surface area contributed by atoms with Crippen molar-refractivity contribution < 1.29 is 4.79 Å². The highest BCUT2D eigenvalue weighted by Gasteiger charge is 2.52. The van der Waals surface area contributed by atoms with Crippen LogP contribution in [0.4, 0.5) is 0 Å². The second kappa shape index (κ2) is 3.41. The van der Waals surface area contributed by atoms with Crippen molar-refractivity contribution >= 4 is 5.91 Å². The summed E-state index contributed by atoms with van der Waals surface area (Å²) in [6.07, 6.45) is 3.95. The lowest BCUT2D eigenvalue weighted by Crippen LogP contribution is -2.37. The highest BCUT2D eigenvalue weighted by atomic mass is 16.2. The average Bonchev–Trinajstić information content (AvgIpc) is 2.77. The summed E-state index contributed by atoms with van der Waals surface area (Å²) in [7, 11) is 0. The Morgan fingerprint density at radius 3 is 2.93 bits per heavy atom. The van der Waals surface area contributed by atoms with E-state index in [0.717, 1.165) is 18.4 Å². The van der Waals surface area contributed by atoms with E-state index in [1.165, 1.54) is 6.42 Å². The van der Waals surface area contributed by atoms with Gasteiger partial charge in [0.05, 0.1) is 6.04 Å². The van der Waals surface area contributed by atoms with E-state index in [4.69, 9.17) is 0 Å². The summed E-state index contributed by atoms with van der Waals surface area (Å²) in [5.74, 6) is 2.31. The predicted octanol–water partition coefficient (Wildman–Crippen LogP) is 2.07. The number of fused-ring (bicyclic) bond motifs is 1. The predicted molar refractivity (Wildman–Crippen MR) is 56.8 cm³/mol. The molecule has 0 aromatic heterocycles. The van der Waals surface area contributed by atoms with Crippen molar-refractivity contribution in [3.05, 3.63) is 12.7 Å². The zero-order valence-electron chi connectivity index (χ0n) is 9.07. The van der Waals surface area contributed by atoms with Gasteiger partial charge in [-0.3, -0.25) is 4.79 Å². The summed E-state index contributed by atoms with van der Waals surface area (Å²) in [4.78, 5) is 13.9. The van der Waals surface area contributed by atoms with Crippen LogP contribution in [0.2, 0.25) is 0 Å². The second-order valence-electron chi connectivity index (χ2n) is 5.03. The van der Waals surface area contributed by atoms with Gasteiger partial charge in [-0.25, -0.2) is 0 Å². The normalized spacial score (nSPS) is 34.5. The summed E-state index contributed by atoms with van der Waals surface area (Å²) >= 11 is 0. The van der Waals surface area contributed by atoms with Crippen molar-refractivity contribution in [3.8, 4) is 0 Å². The van der Waals surface area contributed by atoms with Crippen LogP contribution in [0.3, 0.4) is 0 Å². The molecule has 0 bridgehead atoms. The van der Waals surface area contributed by atoms with E-state index < -0.39 is 0 Å². The minimum absolute atomic E-state index is 0.317. The van der Waals surface area contributed by atoms with E-state index in [0.29, 0.717) is 24.3 Å². The van der Waals surface area contributed by atoms with Crippen LogP contribution < -0.4 is 0 Å². The molecule has 1 unspecified atom stereocenters. The lowest BCUT2D eigenvalue weighted by atomic mass is 10.1. The standard InChI is InChI=1S/C12H19NO/c1-4-11-10-6-9(10)7-13(11)12(14)5-8(2)3/h4,8-11H,1,5-7H2,2-3H3/t9-,10?,11+/m0/s1. The van der Waals surface area contributed by atoms with Crippen LogP contribution in [-0.2, 0) is 4.79 Å². The largest absolute Gasteiger partial charge is 0.336 e. The zero-order valence-corrected chi connectivity index (χ0v) is 9.07. The van der Waals surface area contributed by atoms with Gasteiger partial charge in [0.15, 0.2) is 0 Å². The fourth-order valence-electron chi connectivity index (χ4n) is 2.54. The van der Waals surface area contributed by atoms with Crippen molar-refractivity contribution in [2.75, 3.05) is 6.54 Å². The van der Waals surface area contributed by atoms with Crippen LogP contribution in [-0.4, -0.2) is 23.4 Å². The first-order chi connectivity index (χ1) is 6.63. The molecule has 0 N–H and O–H groups in total. The number of carbonyl (C=O) groups is 1. The minimum atomic E-state index is 0.317. The van der Waals surface area contributed by atoms with Gasteiger partial charge in [-0.15, -0.1) is 6.58 Å². The molecule has 1 aliphatic heterocycles. The van der Waals surface area contributed by atoms with Crippen LogP contribution in [0.5, 0.6) is 0 Å². The van der Waals surface area contributed by atoms with Crippen molar-refractivity contribution in [3.63, 3.8) is 0 Å². The minimum Gasteiger partial charge on any atom is -0.336 e. The quantitative estimate of drug-likeness (QED) is 0.628. The van der Waals surface area contributed by atoms with Gasteiger partial charge in [0.1, 0.15) is 0 Å². The molecule has 2 heteroatoms. The number of amides is 1. The molecule has 1 amide bonds. The van der Waals surface area contributed by atoms with Crippen molar-refractivity contribution in [2.45, 2.75) is 32.7 Å². The van der Waals surface area contributed by atoms with E-state index in [-0.39, 0.29) is 0 Å². The highest BCUT2D eigenvalue weighted by Crippen LogP contribution is 2.50. The SMILES string of the molecule is C=C[C@@H]1C2C[C@H]2CN1C(=O)CC(C)C. The second-order valence-corrected chi connectivity index (χ2v) is 5.03. The van der Waals surface area contributed by atoms with Crippen LogP contribution >= 0.6 is 0 Å². The number of carbonyl (C=O) groups excluding carboxylic acids is 1. The maximum absolute atomic E-state index is 11.9. The third kappa shape index (κ3) is 1.58. The summed E-state index contributed by atoms with van der Waals surface area (Å²) < 4.78 is 0. The van der Waals surface area contributed by atoms with E-state index in [1.807, 2.05) is 11.0 Å². The van der Waals surface area contributed by atoms with Crippen LogP contribution in [0.25, 0.3) is 0 Å². The summed E-state index contributed by atoms with van der Waals surface area (Å²) in [5.41, 5.74) is 0. The Bertz CT molecular complexity index is 259. The molecular formula is C12H19NO. The molecule has 2 nitrogen and oxygen atoms in total. The molecule has 2 aliphatic rings. The first-order valence-corrected chi connectivity index (χ1v) is 5.55. The third-order valence-corrected chi connectivity index (χ3v) is 3.35. The smallest absolute Gasteiger partial charge is 0.223 e. The van der Waals surface area contributed by atoms with E-state index in [9.17, 15) is 4.79 Å². The van der Waals surface area contributed by atoms with E-state index in [2.05, 4.69) is 20.4 Å². The molecular weight excluding hydrogens is 174 g/mol. The van der Waals surface area contributed by atoms with E-state index >= 15 is 0 Å². The third-order valence-electron chi connectivity index (χ3n) is 3.35. The van der Waals surface area contributed by atoms with Gasteiger partial charge in [0, 0.05) is 13.0 Å². The maximum Gasteiger partial charge on any atom is 0.223 e. The Hall–Kier alpha value is -0.790. The molecule has 2 rings (SSSR count). The summed E-state index contributed by atoms with van der Waals surface area (Å²) in [6, 6.07) is 0.339. The molecule has 3 atom stereocenters. The molecule has 1 saturated heterocycles. The van der Waals surface area contributed by atoms with Gasteiger partial charge < -0.3 is 4.90 Å². The molecule has 1 saturated carbocycles. The molecule has 0 aromatic rings. The van der Waals surface area contributed by atoms with Crippen molar-refractivity contribution in [1.82, 2.24) is 4.90 Å². The number of nitrogens with zero attached hydrogens (tertiary/aromatic N) is 1. The topological polar surface area (TPSA) is 20.3 Å². The van der Waals surface area contributed by atoms with Gasteiger partial charge in [-0.2, -0.15) is 0 Å². The lowest BCUT2D eigenvalue weighted by molar-refractivity contribution is -0.132. The van der Waals surface area contributed by atoms with Gasteiger partial charge in [-0.1, -0.05) is 19.9 Å². The summed E-state index contributed by atoms with van der Waals surface area (Å²) in [6.45, 7) is 9.01. The fraction of sp³-hybridized carbons (Fsp3) is 0.750. The van der Waals surface area contributed by atoms with Crippen molar-refractivity contribution in [2.24, 2.45) is 17.8 Å². The average molecular weight is 193 g/mol. The Morgan fingerprint density at radius 1 is 1.64 bits per heavy atom. The molecule has 1 aliphatic carbocycles. The van der Waals surface area contributed by atoms with Crippen LogP contribution in [0.15, 0.2) is 12.7 Å². The van der Waals surface area contributed by atoms with Gasteiger partial charge >= 0.3 is 0 Å². The van der Waals surface area contributed by atoms with Crippen LogP contribution in [0.1, 0.15) is 26.7 Å². The van der Waals surface area contributed by atoms with Gasteiger partial charge in [0.2, 0.25) is 5.91 Å². The molecule has 0 aromatic carbocycles. The first kappa shape index (κ1) is 9.75. The number of piperidine rings is 1.